The van der Waals surface area contributed by atoms with Gasteiger partial charge >= 0.3 is 0 Å². The summed E-state index contributed by atoms with van der Waals surface area (Å²) in [5.74, 6) is 1.39. The molecular weight excluding hydrogens is 240 g/mol. The van der Waals surface area contributed by atoms with Crippen LogP contribution in [-0.4, -0.2) is 16.8 Å². The van der Waals surface area contributed by atoms with E-state index in [-0.39, 0.29) is 11.5 Å². The van der Waals surface area contributed by atoms with E-state index in [4.69, 9.17) is 4.74 Å². The van der Waals surface area contributed by atoms with Gasteiger partial charge in [-0.05, 0) is 19.4 Å². The number of hydrogen-bond acceptors (Lipinski definition) is 3. The summed E-state index contributed by atoms with van der Waals surface area (Å²) in [7, 11) is 0. The number of fused-ring (bicyclic) bond motifs is 2. The molecule has 1 aliphatic carbocycles. The van der Waals surface area contributed by atoms with Crippen LogP contribution in [0.5, 0.6) is 11.5 Å². The highest BCUT2D eigenvalue weighted by molar-refractivity contribution is 5.95. The maximum Gasteiger partial charge on any atom is 0.127 e. The molecule has 1 aliphatic rings. The van der Waals surface area contributed by atoms with Crippen LogP contribution in [0.15, 0.2) is 36.1 Å². The lowest BCUT2D eigenvalue weighted by Crippen LogP contribution is -2.07. The van der Waals surface area contributed by atoms with Crippen LogP contribution in [-0.2, 0) is 17.6 Å². The van der Waals surface area contributed by atoms with Crippen LogP contribution in [0.4, 0.5) is 0 Å². The molecule has 0 saturated carbocycles. The first-order valence-electron chi connectivity index (χ1n) is 6.48. The van der Waals surface area contributed by atoms with Crippen LogP contribution >= 0.6 is 0 Å². The number of phenolic OH excluding ortho intramolecular Hbond substituents is 2. The van der Waals surface area contributed by atoms with Gasteiger partial charge in [0.25, 0.3) is 0 Å². The van der Waals surface area contributed by atoms with Crippen molar-refractivity contribution in [3.63, 3.8) is 0 Å². The third kappa shape index (κ3) is 1.82. The van der Waals surface area contributed by atoms with Gasteiger partial charge in [-0.2, -0.15) is 0 Å². The molecule has 3 nitrogen and oxygen atoms in total. The van der Waals surface area contributed by atoms with Crippen molar-refractivity contribution in [3.05, 3.63) is 47.2 Å². The average Bonchev–Trinajstić information content (AvgIpc) is 2.45. The number of hydrogen-bond donors (Lipinski definition) is 2. The van der Waals surface area contributed by atoms with Gasteiger partial charge in [0.2, 0.25) is 0 Å². The van der Waals surface area contributed by atoms with Gasteiger partial charge < -0.3 is 14.9 Å². The second kappa shape index (κ2) is 4.50. The summed E-state index contributed by atoms with van der Waals surface area (Å²) >= 11 is 0. The lowest BCUT2D eigenvalue weighted by Gasteiger charge is -2.21. The molecule has 98 valence electrons. The van der Waals surface area contributed by atoms with E-state index in [1.54, 1.807) is 0 Å². The minimum Gasteiger partial charge on any atom is -0.507 e. The summed E-state index contributed by atoms with van der Waals surface area (Å²) in [6.07, 6.45) is 3.10. The summed E-state index contributed by atoms with van der Waals surface area (Å²) in [5.41, 5.74) is 1.59. The Hall–Kier alpha value is -2.16. The SMILES string of the molecule is CCOC1=CCc2c(c(O)c3ccccc3c2O)C1. The van der Waals surface area contributed by atoms with Crippen LogP contribution in [0.1, 0.15) is 18.1 Å². The van der Waals surface area contributed by atoms with Crippen molar-refractivity contribution in [3.8, 4) is 11.5 Å². The zero-order chi connectivity index (χ0) is 13.4. The minimum atomic E-state index is 0.258. The lowest BCUT2D eigenvalue weighted by atomic mass is 9.90. The molecule has 0 atom stereocenters. The molecule has 0 aromatic heterocycles. The van der Waals surface area contributed by atoms with Gasteiger partial charge in [0.05, 0.1) is 12.4 Å². The van der Waals surface area contributed by atoms with Crippen molar-refractivity contribution < 1.29 is 14.9 Å². The Labute approximate surface area is 111 Å². The molecule has 19 heavy (non-hydrogen) atoms. The number of phenols is 2. The number of aromatic hydroxyl groups is 2. The first-order chi connectivity index (χ1) is 9.22. The second-order valence-electron chi connectivity index (χ2n) is 4.68. The van der Waals surface area contributed by atoms with E-state index in [2.05, 4.69) is 0 Å². The van der Waals surface area contributed by atoms with Crippen molar-refractivity contribution in [2.45, 2.75) is 19.8 Å². The standard InChI is InChI=1S/C16H16O3/c1-2-19-10-7-8-13-14(9-10)16(18)12-6-4-3-5-11(12)15(13)17/h3-7,17-18H,2,8-9H2,1H3. The Kier molecular flexibility index (Phi) is 2.82. The van der Waals surface area contributed by atoms with Crippen LogP contribution in [0.25, 0.3) is 10.8 Å². The van der Waals surface area contributed by atoms with Gasteiger partial charge in [-0.15, -0.1) is 0 Å². The van der Waals surface area contributed by atoms with E-state index in [0.29, 0.717) is 30.2 Å². The molecule has 0 radical (unpaired) electrons. The van der Waals surface area contributed by atoms with Gasteiger partial charge in [0, 0.05) is 28.3 Å². The van der Waals surface area contributed by atoms with E-state index >= 15 is 0 Å². The number of rotatable bonds is 2. The Balaban J connectivity index is 2.20. The molecule has 3 rings (SSSR count). The Morgan fingerprint density at radius 2 is 1.68 bits per heavy atom. The number of benzene rings is 2. The molecule has 0 bridgehead atoms. The molecule has 0 saturated heterocycles. The Morgan fingerprint density at radius 1 is 1.05 bits per heavy atom. The molecule has 0 unspecified atom stereocenters. The normalized spacial score (nSPS) is 14.1. The number of allylic oxidation sites excluding steroid dienone is 2. The summed E-state index contributed by atoms with van der Waals surface area (Å²) in [6.45, 7) is 2.55. The summed E-state index contributed by atoms with van der Waals surface area (Å²) in [5, 5.41) is 22.2. The maximum atomic E-state index is 10.4. The largest absolute Gasteiger partial charge is 0.507 e. The smallest absolute Gasteiger partial charge is 0.127 e. The molecule has 0 amide bonds. The van der Waals surface area contributed by atoms with Crippen LogP contribution in [0.2, 0.25) is 0 Å². The van der Waals surface area contributed by atoms with E-state index in [1.165, 1.54) is 0 Å². The van der Waals surface area contributed by atoms with Gasteiger partial charge in [0.1, 0.15) is 11.5 Å². The lowest BCUT2D eigenvalue weighted by molar-refractivity contribution is 0.219. The zero-order valence-electron chi connectivity index (χ0n) is 10.8. The fourth-order valence-electron chi connectivity index (χ4n) is 2.68. The third-order valence-corrected chi connectivity index (χ3v) is 3.59. The minimum absolute atomic E-state index is 0.258. The van der Waals surface area contributed by atoms with Crippen molar-refractivity contribution in [1.29, 1.82) is 0 Å². The van der Waals surface area contributed by atoms with E-state index in [0.717, 1.165) is 16.9 Å². The van der Waals surface area contributed by atoms with Crippen molar-refractivity contribution in [2.24, 2.45) is 0 Å². The highest BCUT2D eigenvalue weighted by atomic mass is 16.5. The molecule has 3 heteroatoms. The van der Waals surface area contributed by atoms with Crippen LogP contribution in [0.3, 0.4) is 0 Å². The molecule has 0 aliphatic heterocycles. The molecule has 0 heterocycles. The van der Waals surface area contributed by atoms with Gasteiger partial charge in [-0.1, -0.05) is 24.3 Å². The van der Waals surface area contributed by atoms with Crippen molar-refractivity contribution in [1.82, 2.24) is 0 Å². The van der Waals surface area contributed by atoms with Gasteiger partial charge in [-0.3, -0.25) is 0 Å². The highest BCUT2D eigenvalue weighted by Gasteiger charge is 2.22. The monoisotopic (exact) mass is 256 g/mol. The second-order valence-corrected chi connectivity index (χ2v) is 4.68. The van der Waals surface area contributed by atoms with E-state index in [9.17, 15) is 10.2 Å². The van der Waals surface area contributed by atoms with Crippen molar-refractivity contribution >= 4 is 10.8 Å². The fraction of sp³-hybridized carbons (Fsp3) is 0.250. The first-order valence-corrected chi connectivity index (χ1v) is 6.48. The molecule has 0 spiro atoms. The molecule has 2 N–H and O–H groups in total. The fourth-order valence-corrected chi connectivity index (χ4v) is 2.68. The van der Waals surface area contributed by atoms with E-state index < -0.39 is 0 Å². The maximum absolute atomic E-state index is 10.4. The van der Waals surface area contributed by atoms with Crippen LogP contribution < -0.4 is 0 Å². The highest BCUT2D eigenvalue weighted by Crippen LogP contribution is 2.42. The molecular formula is C16H16O3. The van der Waals surface area contributed by atoms with E-state index in [1.807, 2.05) is 37.3 Å². The predicted molar refractivity (Wildman–Crippen MR) is 74.4 cm³/mol. The third-order valence-electron chi connectivity index (χ3n) is 3.59. The zero-order valence-corrected chi connectivity index (χ0v) is 10.8. The van der Waals surface area contributed by atoms with Gasteiger partial charge in [-0.25, -0.2) is 0 Å². The molecule has 0 fully saturated rings. The molecule has 2 aromatic carbocycles. The summed E-state index contributed by atoms with van der Waals surface area (Å²) < 4.78 is 5.51. The van der Waals surface area contributed by atoms with Crippen molar-refractivity contribution in [2.75, 3.05) is 6.61 Å². The average molecular weight is 256 g/mol. The quantitative estimate of drug-likeness (QED) is 0.811. The predicted octanol–water partition coefficient (Wildman–Crippen LogP) is 3.27. The van der Waals surface area contributed by atoms with Gasteiger partial charge in [0.15, 0.2) is 0 Å². The number of ether oxygens (including phenoxy) is 1. The Bertz CT molecular complexity index is 671. The molecule has 2 aromatic rings. The topological polar surface area (TPSA) is 49.7 Å². The summed E-state index contributed by atoms with van der Waals surface area (Å²) in [6, 6.07) is 7.37. The summed E-state index contributed by atoms with van der Waals surface area (Å²) in [4.78, 5) is 0. The van der Waals surface area contributed by atoms with Crippen LogP contribution in [0, 0.1) is 0 Å². The Morgan fingerprint density at radius 3 is 2.32 bits per heavy atom. The first kappa shape index (κ1) is 11.9.